The molecule has 1 saturated heterocycles. The van der Waals surface area contributed by atoms with Crippen LogP contribution in [0.4, 0.5) is 11.4 Å². The minimum Gasteiger partial charge on any atom is -0.288 e. The third-order valence-corrected chi connectivity index (χ3v) is 4.03. The average Bonchev–Trinajstić information content (AvgIpc) is 2.83. The van der Waals surface area contributed by atoms with Gasteiger partial charge in [0.1, 0.15) is 6.04 Å². The summed E-state index contributed by atoms with van der Waals surface area (Å²) in [4.78, 5) is 26.2. The first-order valence-electron chi connectivity index (χ1n) is 7.46. The second-order valence-corrected chi connectivity index (χ2v) is 5.76. The maximum atomic E-state index is 12.7. The lowest BCUT2D eigenvalue weighted by atomic mass is 10.1. The molecule has 118 valence electrons. The second kappa shape index (κ2) is 5.85. The number of imide groups is 1. The Hall–Kier alpha value is -2.66. The van der Waals surface area contributed by atoms with Crippen molar-refractivity contribution in [1.82, 2.24) is 0 Å². The number of carbonyl (C=O) groups excluding carboxylic acids is 2. The molecule has 3 rings (SSSR count). The van der Waals surface area contributed by atoms with E-state index < -0.39 is 11.9 Å². The van der Waals surface area contributed by atoms with Gasteiger partial charge in [0.25, 0.3) is 5.91 Å². The van der Waals surface area contributed by atoms with Crippen molar-refractivity contribution in [3.63, 3.8) is 0 Å². The van der Waals surface area contributed by atoms with Crippen molar-refractivity contribution < 1.29 is 14.8 Å². The number of para-hydroxylation sites is 1. The monoisotopic (exact) mass is 310 g/mol. The van der Waals surface area contributed by atoms with E-state index in [2.05, 4.69) is 0 Å². The van der Waals surface area contributed by atoms with Gasteiger partial charge in [0.05, 0.1) is 17.8 Å². The van der Waals surface area contributed by atoms with Crippen LogP contribution in [-0.2, 0) is 9.59 Å². The molecular formula is C18H18N2O3. The number of carbonyl (C=O) groups is 2. The van der Waals surface area contributed by atoms with Crippen LogP contribution in [-0.4, -0.2) is 23.1 Å². The Bertz CT molecular complexity index is 758. The predicted octanol–water partition coefficient (Wildman–Crippen LogP) is 2.83. The molecule has 1 fully saturated rings. The SMILES string of the molecule is Cc1ccc(N2C(=O)C[C@@H](N(O)c3ccccc3)C2=O)c(C)c1. The fraction of sp³-hybridized carbons (Fsp3) is 0.222. The molecule has 1 aliphatic heterocycles. The highest BCUT2D eigenvalue weighted by molar-refractivity contribution is 6.23. The van der Waals surface area contributed by atoms with Crippen LogP contribution in [0.2, 0.25) is 0 Å². The molecule has 0 saturated carbocycles. The first kappa shape index (κ1) is 15.2. The fourth-order valence-corrected chi connectivity index (χ4v) is 2.88. The maximum absolute atomic E-state index is 12.7. The number of anilines is 2. The highest BCUT2D eigenvalue weighted by atomic mass is 16.5. The normalized spacial score (nSPS) is 17.7. The van der Waals surface area contributed by atoms with Gasteiger partial charge in [0.2, 0.25) is 5.91 Å². The zero-order valence-corrected chi connectivity index (χ0v) is 13.1. The molecule has 0 aliphatic carbocycles. The van der Waals surface area contributed by atoms with Gasteiger partial charge in [-0.25, -0.2) is 9.96 Å². The molecule has 2 amide bonds. The molecule has 0 radical (unpaired) electrons. The number of aryl methyl sites for hydroxylation is 2. The molecule has 1 aliphatic rings. The van der Waals surface area contributed by atoms with E-state index in [0.29, 0.717) is 11.4 Å². The summed E-state index contributed by atoms with van der Waals surface area (Å²) < 4.78 is 0. The predicted molar refractivity (Wildman–Crippen MR) is 87.5 cm³/mol. The second-order valence-electron chi connectivity index (χ2n) is 5.76. The smallest absolute Gasteiger partial charge is 0.259 e. The molecule has 23 heavy (non-hydrogen) atoms. The molecule has 1 heterocycles. The van der Waals surface area contributed by atoms with Crippen LogP contribution in [0.5, 0.6) is 0 Å². The summed E-state index contributed by atoms with van der Waals surface area (Å²) in [6.07, 6.45) is -0.0441. The van der Waals surface area contributed by atoms with Crippen molar-refractivity contribution in [1.29, 1.82) is 0 Å². The summed E-state index contributed by atoms with van der Waals surface area (Å²) >= 11 is 0. The van der Waals surface area contributed by atoms with E-state index in [9.17, 15) is 14.8 Å². The van der Waals surface area contributed by atoms with Crippen LogP contribution in [0.3, 0.4) is 0 Å². The van der Waals surface area contributed by atoms with Crippen molar-refractivity contribution in [2.75, 3.05) is 9.96 Å². The zero-order chi connectivity index (χ0) is 16.6. The third-order valence-electron chi connectivity index (χ3n) is 4.03. The van der Waals surface area contributed by atoms with Gasteiger partial charge >= 0.3 is 0 Å². The Morgan fingerprint density at radius 2 is 1.78 bits per heavy atom. The Balaban J connectivity index is 1.91. The van der Waals surface area contributed by atoms with Crippen LogP contribution in [0, 0.1) is 13.8 Å². The van der Waals surface area contributed by atoms with Crippen LogP contribution in [0.25, 0.3) is 0 Å². The van der Waals surface area contributed by atoms with E-state index in [1.807, 2.05) is 32.0 Å². The van der Waals surface area contributed by atoms with Crippen LogP contribution in [0.1, 0.15) is 17.5 Å². The van der Waals surface area contributed by atoms with Crippen molar-refractivity contribution in [3.05, 3.63) is 59.7 Å². The Morgan fingerprint density at radius 3 is 2.43 bits per heavy atom. The third kappa shape index (κ3) is 2.71. The number of hydrogen-bond donors (Lipinski definition) is 1. The minimum absolute atomic E-state index is 0.0441. The number of amides is 2. The molecule has 0 bridgehead atoms. The number of rotatable bonds is 3. The fourth-order valence-electron chi connectivity index (χ4n) is 2.88. The molecule has 0 aromatic heterocycles. The summed E-state index contributed by atoms with van der Waals surface area (Å²) in [6.45, 7) is 3.82. The lowest BCUT2D eigenvalue weighted by molar-refractivity contribution is -0.121. The van der Waals surface area contributed by atoms with E-state index in [4.69, 9.17) is 0 Å². The minimum atomic E-state index is -0.898. The maximum Gasteiger partial charge on any atom is 0.259 e. The zero-order valence-electron chi connectivity index (χ0n) is 13.1. The molecule has 1 N–H and O–H groups in total. The van der Waals surface area contributed by atoms with Crippen molar-refractivity contribution in [2.45, 2.75) is 26.3 Å². The van der Waals surface area contributed by atoms with Gasteiger partial charge in [-0.1, -0.05) is 35.9 Å². The summed E-state index contributed by atoms with van der Waals surface area (Å²) in [5.41, 5.74) is 2.99. The number of nitrogens with zero attached hydrogens (tertiary/aromatic N) is 2. The number of hydroxylamine groups is 1. The van der Waals surface area contributed by atoms with Gasteiger partial charge in [-0.05, 0) is 37.6 Å². The quantitative estimate of drug-likeness (QED) is 0.699. The molecule has 5 nitrogen and oxygen atoms in total. The van der Waals surface area contributed by atoms with Crippen LogP contribution in [0.15, 0.2) is 48.5 Å². The van der Waals surface area contributed by atoms with Crippen LogP contribution < -0.4 is 9.96 Å². The Kier molecular flexibility index (Phi) is 3.88. The van der Waals surface area contributed by atoms with Gasteiger partial charge in [0.15, 0.2) is 0 Å². The summed E-state index contributed by atoms with van der Waals surface area (Å²) in [5, 5.41) is 11.2. The summed E-state index contributed by atoms with van der Waals surface area (Å²) in [5.74, 6) is -0.713. The first-order chi connectivity index (χ1) is 11.0. The molecule has 0 spiro atoms. The Morgan fingerprint density at radius 1 is 1.09 bits per heavy atom. The molecule has 1 atom stereocenters. The number of benzene rings is 2. The van der Waals surface area contributed by atoms with E-state index in [1.54, 1.807) is 30.3 Å². The van der Waals surface area contributed by atoms with Crippen molar-refractivity contribution >= 4 is 23.2 Å². The largest absolute Gasteiger partial charge is 0.288 e. The summed E-state index contributed by atoms with van der Waals surface area (Å²) in [6, 6.07) is 13.4. The highest BCUT2D eigenvalue weighted by Crippen LogP contribution is 2.30. The van der Waals surface area contributed by atoms with Crippen LogP contribution >= 0.6 is 0 Å². The van der Waals surface area contributed by atoms with Gasteiger partial charge < -0.3 is 0 Å². The van der Waals surface area contributed by atoms with E-state index in [0.717, 1.165) is 16.2 Å². The summed E-state index contributed by atoms with van der Waals surface area (Å²) in [7, 11) is 0. The number of hydrogen-bond acceptors (Lipinski definition) is 4. The van der Waals surface area contributed by atoms with Gasteiger partial charge in [0, 0.05) is 0 Å². The standard InChI is InChI=1S/C18H18N2O3/c1-12-8-9-15(13(2)10-12)19-17(21)11-16(18(19)22)20(23)14-6-4-3-5-7-14/h3-10,16,23H,11H2,1-2H3/t16-/m1/s1. The molecular weight excluding hydrogens is 292 g/mol. The molecule has 2 aromatic carbocycles. The van der Waals surface area contributed by atoms with Crippen molar-refractivity contribution in [3.8, 4) is 0 Å². The molecule has 5 heteroatoms. The van der Waals surface area contributed by atoms with Crippen molar-refractivity contribution in [2.24, 2.45) is 0 Å². The van der Waals surface area contributed by atoms with E-state index in [-0.39, 0.29) is 12.3 Å². The molecule has 0 unspecified atom stereocenters. The van der Waals surface area contributed by atoms with E-state index in [1.165, 1.54) is 4.90 Å². The van der Waals surface area contributed by atoms with Gasteiger partial charge in [-0.3, -0.25) is 14.8 Å². The van der Waals surface area contributed by atoms with Gasteiger partial charge in [-0.15, -0.1) is 0 Å². The lowest BCUT2D eigenvalue weighted by Gasteiger charge is -2.23. The van der Waals surface area contributed by atoms with Gasteiger partial charge in [-0.2, -0.15) is 0 Å². The topological polar surface area (TPSA) is 60.9 Å². The Labute approximate surface area is 134 Å². The average molecular weight is 310 g/mol. The highest BCUT2D eigenvalue weighted by Gasteiger charge is 2.43. The first-order valence-corrected chi connectivity index (χ1v) is 7.46. The van der Waals surface area contributed by atoms with E-state index >= 15 is 0 Å². The lowest BCUT2D eigenvalue weighted by Crippen LogP contribution is -2.40. The molecule has 2 aromatic rings.